The molecule has 0 N–H and O–H groups in total. The molecular weight excluding hydrogens is 560 g/mol. The largest absolute Gasteiger partial charge is 0.300 e. The molecule has 4 fully saturated rings. The number of rotatable bonds is 2. The van der Waals surface area contributed by atoms with E-state index in [1.165, 1.54) is 62.9 Å². The number of nitrogens with zero attached hydrogens (tertiary/aromatic N) is 4. The fraction of sp³-hybridized carbons (Fsp3) is 0.559. The monoisotopic (exact) mass is 596 g/mol. The Hall–Kier alpha value is -2.49. The Balaban J connectivity index is 1.10. The van der Waals surface area contributed by atoms with Crippen molar-refractivity contribution in [3.8, 4) is 18.2 Å². The Morgan fingerprint density at radius 2 is 1.73 bits per heavy atom. The van der Waals surface area contributed by atoms with Gasteiger partial charge in [0, 0.05) is 33.6 Å². The molecule has 3 aliphatic carbocycles. The second kappa shape index (κ2) is 9.26. The Labute approximate surface area is 244 Å². The first-order chi connectivity index (χ1) is 19.5. The van der Waals surface area contributed by atoms with E-state index in [2.05, 4.69) is 49.5 Å². The number of aromatic nitrogens is 3. The maximum atomic E-state index is 13.3. The van der Waals surface area contributed by atoms with Crippen molar-refractivity contribution >= 4 is 26.8 Å². The molecule has 2 spiro atoms. The lowest BCUT2D eigenvalue weighted by atomic mass is 9.70. The topological polar surface area (TPSA) is 51.0 Å². The summed E-state index contributed by atoms with van der Waals surface area (Å²) in [4.78, 5) is 26.3. The van der Waals surface area contributed by atoms with Gasteiger partial charge >= 0.3 is 0 Å². The van der Waals surface area contributed by atoms with E-state index in [1.807, 2.05) is 12.1 Å². The van der Waals surface area contributed by atoms with Gasteiger partial charge in [-0.2, -0.15) is 4.98 Å². The molecule has 3 aromatic rings. The average molecular weight is 598 g/mol. The number of hydrogen-bond donors (Lipinski definition) is 0. The zero-order chi connectivity index (χ0) is 27.1. The summed E-state index contributed by atoms with van der Waals surface area (Å²) >= 11 is 3.63. The standard InChI is InChI=1S/C34H37BrN4O/c1-2-22-11-17-33(18-12-22)21-28(33)38-19-13-23(14-20-38)26-10-9-24-30(36-26)39-27-8-6-7-25(35)29(27)31(40)37-32(39)34(24)15-4-3-5-16-34/h1,6-10,22-23,28H,3-5,11-21H2. The third-order valence-electron chi connectivity index (χ3n) is 11.4. The summed E-state index contributed by atoms with van der Waals surface area (Å²) in [5.41, 5.74) is 3.63. The van der Waals surface area contributed by atoms with E-state index >= 15 is 0 Å². The van der Waals surface area contributed by atoms with Gasteiger partial charge in [-0.25, -0.2) is 4.98 Å². The van der Waals surface area contributed by atoms with Gasteiger partial charge in [0.2, 0.25) is 0 Å². The van der Waals surface area contributed by atoms with E-state index in [-0.39, 0.29) is 11.0 Å². The van der Waals surface area contributed by atoms with Crippen LogP contribution in [0.4, 0.5) is 0 Å². The van der Waals surface area contributed by atoms with E-state index in [1.54, 1.807) is 0 Å². The molecule has 2 aliphatic heterocycles. The molecule has 1 atom stereocenters. The average Bonchev–Trinajstić information content (AvgIpc) is 3.63. The Morgan fingerprint density at radius 3 is 2.48 bits per heavy atom. The first-order valence-electron chi connectivity index (χ1n) is 15.5. The molecule has 0 bridgehead atoms. The van der Waals surface area contributed by atoms with Gasteiger partial charge < -0.3 is 0 Å². The SMILES string of the molecule is C#CC1CCC2(CC1)CC2N1CCC(c2ccc3c(n2)-n2c(nc(=O)c4c(Br)cccc42)C32CCCCC2)CC1. The van der Waals surface area contributed by atoms with Crippen LogP contribution < -0.4 is 5.56 Å². The van der Waals surface area contributed by atoms with Gasteiger partial charge in [0.25, 0.3) is 5.56 Å². The fourth-order valence-electron chi connectivity index (χ4n) is 9.01. The zero-order valence-electron chi connectivity index (χ0n) is 23.2. The van der Waals surface area contributed by atoms with Crippen molar-refractivity contribution < 1.29 is 0 Å². The Kier molecular flexibility index (Phi) is 5.84. The van der Waals surface area contributed by atoms with E-state index in [0.29, 0.717) is 22.6 Å². The van der Waals surface area contributed by atoms with Crippen LogP contribution in [0.2, 0.25) is 0 Å². The van der Waals surface area contributed by atoms with Gasteiger partial charge in [0.15, 0.2) is 0 Å². The van der Waals surface area contributed by atoms with Gasteiger partial charge in [-0.15, -0.1) is 12.3 Å². The number of terminal acetylenes is 1. The highest BCUT2D eigenvalue weighted by Crippen LogP contribution is 2.60. The third kappa shape index (κ3) is 3.66. The molecule has 6 heteroatoms. The quantitative estimate of drug-likeness (QED) is 0.303. The molecule has 0 amide bonds. The molecule has 5 nitrogen and oxygen atoms in total. The molecule has 2 aromatic heterocycles. The van der Waals surface area contributed by atoms with Crippen molar-refractivity contribution in [3.63, 3.8) is 0 Å². The molecule has 0 radical (unpaired) electrons. The lowest BCUT2D eigenvalue weighted by Crippen LogP contribution is -2.38. The van der Waals surface area contributed by atoms with Crippen LogP contribution in [0, 0.1) is 23.7 Å². The van der Waals surface area contributed by atoms with Gasteiger partial charge in [0.05, 0.1) is 16.3 Å². The molecule has 1 unspecified atom stereocenters. The van der Waals surface area contributed by atoms with Crippen molar-refractivity contribution in [2.45, 2.75) is 94.4 Å². The lowest BCUT2D eigenvalue weighted by Gasteiger charge is -2.35. The predicted molar refractivity (Wildman–Crippen MR) is 162 cm³/mol. The highest BCUT2D eigenvalue weighted by atomic mass is 79.9. The van der Waals surface area contributed by atoms with Crippen LogP contribution in [0.25, 0.3) is 16.7 Å². The van der Waals surface area contributed by atoms with Gasteiger partial charge in [-0.3, -0.25) is 14.3 Å². The molecular formula is C34H37BrN4O. The van der Waals surface area contributed by atoms with E-state index in [0.717, 1.165) is 66.2 Å². The summed E-state index contributed by atoms with van der Waals surface area (Å²) in [5, 5.41) is 0.653. The molecule has 4 heterocycles. The molecule has 5 aliphatic rings. The minimum absolute atomic E-state index is 0.135. The van der Waals surface area contributed by atoms with Crippen LogP contribution in [0.1, 0.15) is 100 Å². The molecule has 3 saturated carbocycles. The lowest BCUT2D eigenvalue weighted by molar-refractivity contribution is 0.154. The third-order valence-corrected chi connectivity index (χ3v) is 12.0. The summed E-state index contributed by atoms with van der Waals surface area (Å²) in [6, 6.07) is 11.4. The van der Waals surface area contributed by atoms with Crippen LogP contribution >= 0.6 is 15.9 Å². The van der Waals surface area contributed by atoms with Gasteiger partial charge in [-0.05, 0) is 110 Å². The van der Waals surface area contributed by atoms with Crippen LogP contribution in [0.3, 0.4) is 0 Å². The minimum atomic E-state index is -0.198. The van der Waals surface area contributed by atoms with Crippen molar-refractivity contribution in [2.75, 3.05) is 13.1 Å². The summed E-state index contributed by atoms with van der Waals surface area (Å²) in [6.45, 7) is 2.33. The van der Waals surface area contributed by atoms with Crippen molar-refractivity contribution in [1.82, 2.24) is 19.4 Å². The van der Waals surface area contributed by atoms with Crippen molar-refractivity contribution in [2.24, 2.45) is 11.3 Å². The highest BCUT2D eigenvalue weighted by Gasteiger charge is 2.57. The first-order valence-corrected chi connectivity index (χ1v) is 16.3. The molecule has 206 valence electrons. The van der Waals surface area contributed by atoms with Gasteiger partial charge in [0.1, 0.15) is 11.6 Å². The second-order valence-electron chi connectivity index (χ2n) is 13.3. The van der Waals surface area contributed by atoms with Crippen LogP contribution in [-0.2, 0) is 5.41 Å². The normalized spacial score (nSPS) is 29.4. The Morgan fingerprint density at radius 1 is 0.950 bits per heavy atom. The molecule has 8 rings (SSSR count). The smallest absolute Gasteiger partial charge is 0.281 e. The van der Waals surface area contributed by atoms with Gasteiger partial charge in [-0.1, -0.05) is 31.4 Å². The maximum absolute atomic E-state index is 13.3. The van der Waals surface area contributed by atoms with E-state index in [9.17, 15) is 4.79 Å². The fourth-order valence-corrected chi connectivity index (χ4v) is 9.54. The summed E-state index contributed by atoms with van der Waals surface area (Å²) in [7, 11) is 0. The number of fused-ring (bicyclic) bond motifs is 7. The zero-order valence-corrected chi connectivity index (χ0v) is 24.8. The Bertz CT molecular complexity index is 1600. The van der Waals surface area contributed by atoms with Crippen LogP contribution in [0.15, 0.2) is 39.6 Å². The highest BCUT2D eigenvalue weighted by molar-refractivity contribution is 9.10. The number of pyridine rings is 1. The van der Waals surface area contributed by atoms with E-state index < -0.39 is 0 Å². The van der Waals surface area contributed by atoms with Crippen molar-refractivity contribution in [3.05, 3.63) is 62.2 Å². The number of benzene rings is 1. The number of hydrogen-bond acceptors (Lipinski definition) is 4. The molecule has 1 saturated heterocycles. The predicted octanol–water partition coefficient (Wildman–Crippen LogP) is 6.87. The van der Waals surface area contributed by atoms with E-state index in [4.69, 9.17) is 16.4 Å². The maximum Gasteiger partial charge on any atom is 0.281 e. The van der Waals surface area contributed by atoms with Crippen molar-refractivity contribution in [1.29, 1.82) is 0 Å². The first kappa shape index (κ1) is 25.2. The summed E-state index contributed by atoms with van der Waals surface area (Å²) < 4.78 is 3.04. The molecule has 1 aromatic carbocycles. The summed E-state index contributed by atoms with van der Waals surface area (Å²) in [6.07, 6.45) is 20.1. The second-order valence-corrected chi connectivity index (χ2v) is 14.1. The summed E-state index contributed by atoms with van der Waals surface area (Å²) in [5.74, 6) is 5.91. The number of halogens is 1. The number of piperidine rings is 1. The van der Waals surface area contributed by atoms with Crippen LogP contribution in [-0.4, -0.2) is 38.6 Å². The minimum Gasteiger partial charge on any atom is -0.300 e. The molecule has 40 heavy (non-hydrogen) atoms. The van der Waals surface area contributed by atoms with Crippen LogP contribution in [0.5, 0.6) is 0 Å². The number of likely N-dealkylation sites (tertiary alicyclic amines) is 1.